The van der Waals surface area contributed by atoms with Gasteiger partial charge in [0.2, 0.25) is 0 Å². The fourth-order valence-electron chi connectivity index (χ4n) is 3.86. The minimum atomic E-state index is -1.05. The zero-order chi connectivity index (χ0) is 22.0. The number of para-hydroxylation sites is 1. The van der Waals surface area contributed by atoms with Crippen LogP contribution in [0.2, 0.25) is 0 Å². The number of hydrogen-bond acceptors (Lipinski definition) is 4. The van der Waals surface area contributed by atoms with E-state index in [1.165, 1.54) is 6.07 Å². The summed E-state index contributed by atoms with van der Waals surface area (Å²) in [7, 11) is 0. The van der Waals surface area contributed by atoms with E-state index < -0.39 is 17.6 Å². The number of H-pyrrole nitrogens is 1. The van der Waals surface area contributed by atoms with Crippen LogP contribution in [0.15, 0.2) is 48.7 Å². The summed E-state index contributed by atoms with van der Waals surface area (Å²) >= 11 is 0. The van der Waals surface area contributed by atoms with Crippen molar-refractivity contribution in [2.45, 2.75) is 19.8 Å². The maximum Gasteiger partial charge on any atom is 0.341 e. The van der Waals surface area contributed by atoms with Gasteiger partial charge in [-0.15, -0.1) is 0 Å². The van der Waals surface area contributed by atoms with Crippen molar-refractivity contribution in [1.82, 2.24) is 9.88 Å². The molecule has 1 aliphatic rings. The number of benzene rings is 2. The van der Waals surface area contributed by atoms with Crippen LogP contribution in [0, 0.1) is 11.6 Å². The first-order valence-electron chi connectivity index (χ1n) is 10.2. The van der Waals surface area contributed by atoms with Gasteiger partial charge in [-0.1, -0.05) is 18.2 Å². The van der Waals surface area contributed by atoms with E-state index in [0.717, 1.165) is 34.3 Å². The number of Topliss-reactive ketones (excluding diaryl/α,β-unsaturated/α-hetero) is 1. The van der Waals surface area contributed by atoms with Crippen LogP contribution < -0.4 is 0 Å². The number of ether oxygens (including phenoxy) is 1. The fraction of sp³-hybridized carbons (Fsp3) is 0.250. The lowest BCUT2D eigenvalue weighted by atomic mass is 10.0. The number of carbonyl (C=O) groups excluding carboxylic acids is 2. The number of esters is 1. The average Bonchev–Trinajstić information content (AvgIpc) is 3.03. The fourth-order valence-corrected chi connectivity index (χ4v) is 3.86. The molecule has 0 fully saturated rings. The summed E-state index contributed by atoms with van der Waals surface area (Å²) in [6.07, 6.45) is 2.50. The summed E-state index contributed by atoms with van der Waals surface area (Å²) < 4.78 is 31.8. The van der Waals surface area contributed by atoms with Gasteiger partial charge in [0.25, 0.3) is 0 Å². The quantitative estimate of drug-likeness (QED) is 0.468. The third kappa shape index (κ3) is 4.21. The maximum absolute atomic E-state index is 13.4. The topological polar surface area (TPSA) is 62.4 Å². The highest BCUT2D eigenvalue weighted by Crippen LogP contribution is 2.31. The second-order valence-electron chi connectivity index (χ2n) is 7.38. The highest BCUT2D eigenvalue weighted by atomic mass is 19.2. The number of ketones is 1. The number of fused-ring (bicyclic) bond motifs is 3. The Morgan fingerprint density at radius 1 is 1.13 bits per heavy atom. The highest BCUT2D eigenvalue weighted by Gasteiger charge is 2.25. The predicted octanol–water partition coefficient (Wildman–Crippen LogP) is 4.48. The molecule has 1 N–H and O–H groups in total. The molecule has 5 nitrogen and oxygen atoms in total. The number of rotatable bonds is 6. The SMILES string of the molecule is CCOC(=O)C1=CN(CCC(=O)c2ccc(F)c(F)c2)CCc2c1[nH]c1ccccc21. The molecule has 2 aromatic carbocycles. The maximum atomic E-state index is 13.4. The first kappa shape index (κ1) is 20.8. The molecule has 0 saturated carbocycles. The largest absolute Gasteiger partial charge is 0.462 e. The second-order valence-corrected chi connectivity index (χ2v) is 7.38. The first-order chi connectivity index (χ1) is 15.0. The van der Waals surface area contributed by atoms with Gasteiger partial charge < -0.3 is 14.6 Å². The van der Waals surface area contributed by atoms with E-state index >= 15 is 0 Å². The molecule has 1 aliphatic heterocycles. The molecule has 7 heteroatoms. The number of halogens is 2. The van der Waals surface area contributed by atoms with Crippen molar-refractivity contribution in [3.63, 3.8) is 0 Å². The van der Waals surface area contributed by atoms with E-state index in [1.54, 1.807) is 13.1 Å². The van der Waals surface area contributed by atoms with Gasteiger partial charge in [0.15, 0.2) is 17.4 Å². The molecule has 0 saturated heterocycles. The van der Waals surface area contributed by atoms with Gasteiger partial charge in [0.05, 0.1) is 17.9 Å². The monoisotopic (exact) mass is 424 g/mol. The third-order valence-electron chi connectivity index (χ3n) is 5.41. The molecular formula is C24H22F2N2O3. The van der Waals surface area contributed by atoms with Crippen LogP contribution in [0.25, 0.3) is 16.5 Å². The molecule has 4 rings (SSSR count). The summed E-state index contributed by atoms with van der Waals surface area (Å²) in [4.78, 5) is 30.4. The molecule has 0 bridgehead atoms. The lowest BCUT2D eigenvalue weighted by Crippen LogP contribution is -2.23. The van der Waals surface area contributed by atoms with Crippen LogP contribution in [0.3, 0.4) is 0 Å². The lowest BCUT2D eigenvalue weighted by molar-refractivity contribution is -0.136. The molecule has 1 aromatic heterocycles. The summed E-state index contributed by atoms with van der Waals surface area (Å²) in [6.45, 7) is 2.94. The van der Waals surface area contributed by atoms with Crippen molar-refractivity contribution in [2.75, 3.05) is 19.7 Å². The van der Waals surface area contributed by atoms with Crippen LogP contribution in [0.1, 0.15) is 35.0 Å². The lowest BCUT2D eigenvalue weighted by Gasteiger charge is -2.19. The van der Waals surface area contributed by atoms with Gasteiger partial charge in [-0.25, -0.2) is 13.6 Å². The standard InChI is InChI=1S/C24H22F2N2O3/c1-2-31-24(30)18-14-28(12-10-22(29)15-7-8-19(25)20(26)13-15)11-9-17-16-5-3-4-6-21(16)27-23(17)18/h3-8,13-14,27H,2,9-12H2,1H3. The van der Waals surface area contributed by atoms with Crippen molar-refractivity contribution in [2.24, 2.45) is 0 Å². The molecule has 2 heterocycles. The van der Waals surface area contributed by atoms with Crippen molar-refractivity contribution in [1.29, 1.82) is 0 Å². The Bertz CT molecular complexity index is 1180. The minimum absolute atomic E-state index is 0.104. The van der Waals surface area contributed by atoms with Crippen LogP contribution in [-0.2, 0) is 16.0 Å². The Morgan fingerprint density at radius 3 is 2.71 bits per heavy atom. The third-order valence-corrected chi connectivity index (χ3v) is 5.41. The zero-order valence-electron chi connectivity index (χ0n) is 17.1. The van der Waals surface area contributed by atoms with Crippen LogP contribution >= 0.6 is 0 Å². The van der Waals surface area contributed by atoms with E-state index in [1.807, 2.05) is 29.2 Å². The highest BCUT2D eigenvalue weighted by molar-refractivity contribution is 6.17. The predicted molar refractivity (Wildman–Crippen MR) is 113 cm³/mol. The van der Waals surface area contributed by atoms with E-state index in [4.69, 9.17) is 4.74 Å². The van der Waals surface area contributed by atoms with E-state index in [2.05, 4.69) is 4.98 Å². The number of nitrogens with zero attached hydrogens (tertiary/aromatic N) is 1. The summed E-state index contributed by atoms with van der Waals surface area (Å²) in [5.41, 5.74) is 3.24. The van der Waals surface area contributed by atoms with Gasteiger partial charge in [0.1, 0.15) is 0 Å². The van der Waals surface area contributed by atoms with Gasteiger partial charge in [-0.2, -0.15) is 0 Å². The summed E-state index contributed by atoms with van der Waals surface area (Å²) in [5.74, 6) is -2.76. The molecule has 0 amide bonds. The first-order valence-corrected chi connectivity index (χ1v) is 10.2. The molecule has 0 aliphatic carbocycles. The molecule has 160 valence electrons. The molecule has 0 atom stereocenters. The Balaban J connectivity index is 1.58. The molecule has 0 radical (unpaired) electrons. The van der Waals surface area contributed by atoms with Gasteiger partial charge in [-0.05, 0) is 43.2 Å². The van der Waals surface area contributed by atoms with E-state index in [9.17, 15) is 18.4 Å². The van der Waals surface area contributed by atoms with Gasteiger partial charge in [0, 0.05) is 42.2 Å². The zero-order valence-corrected chi connectivity index (χ0v) is 17.1. The van der Waals surface area contributed by atoms with Crippen LogP contribution in [-0.4, -0.2) is 41.3 Å². The number of nitrogens with one attached hydrogen (secondary N) is 1. The Labute approximate surface area is 178 Å². The molecule has 31 heavy (non-hydrogen) atoms. The number of hydrogen-bond donors (Lipinski definition) is 1. The number of carbonyl (C=O) groups is 2. The number of aromatic nitrogens is 1. The second kappa shape index (κ2) is 8.71. The Hall–Kier alpha value is -3.48. The van der Waals surface area contributed by atoms with Crippen LogP contribution in [0.5, 0.6) is 0 Å². The average molecular weight is 424 g/mol. The Kier molecular flexibility index (Phi) is 5.84. The molecule has 0 spiro atoms. The van der Waals surface area contributed by atoms with Gasteiger partial charge in [-0.3, -0.25) is 4.79 Å². The minimum Gasteiger partial charge on any atom is -0.462 e. The Morgan fingerprint density at radius 2 is 1.94 bits per heavy atom. The normalized spacial score (nSPS) is 13.5. The molecular weight excluding hydrogens is 402 g/mol. The van der Waals surface area contributed by atoms with E-state index in [-0.39, 0.29) is 24.4 Å². The summed E-state index contributed by atoms with van der Waals surface area (Å²) in [5, 5.41) is 1.05. The van der Waals surface area contributed by atoms with Crippen molar-refractivity contribution in [3.05, 3.63) is 77.1 Å². The van der Waals surface area contributed by atoms with Crippen molar-refractivity contribution in [3.8, 4) is 0 Å². The van der Waals surface area contributed by atoms with Gasteiger partial charge >= 0.3 is 5.97 Å². The van der Waals surface area contributed by atoms with Crippen LogP contribution in [0.4, 0.5) is 8.78 Å². The van der Waals surface area contributed by atoms with Crippen molar-refractivity contribution >= 4 is 28.2 Å². The smallest absolute Gasteiger partial charge is 0.341 e. The van der Waals surface area contributed by atoms with Crippen molar-refractivity contribution < 1.29 is 23.1 Å². The molecule has 0 unspecified atom stereocenters. The summed E-state index contributed by atoms with van der Waals surface area (Å²) in [6, 6.07) is 11.0. The molecule has 3 aromatic rings. The number of aromatic amines is 1. The van der Waals surface area contributed by atoms with E-state index in [0.29, 0.717) is 25.1 Å².